The van der Waals surface area contributed by atoms with Crippen molar-refractivity contribution in [2.24, 2.45) is 5.73 Å². The molecule has 0 aromatic rings. The minimum absolute atomic E-state index is 0.0159. The van der Waals surface area contributed by atoms with Gasteiger partial charge in [-0.25, -0.2) is 0 Å². The van der Waals surface area contributed by atoms with Crippen molar-refractivity contribution in [1.82, 2.24) is 10.6 Å². The Balaban J connectivity index is 3.51. The minimum Gasteiger partial charge on any atom is -0.358 e. The second-order valence-corrected chi connectivity index (χ2v) is 2.63. The summed E-state index contributed by atoms with van der Waals surface area (Å²) in [7, 11) is 1.51. The van der Waals surface area contributed by atoms with Gasteiger partial charge in [-0.05, 0) is 6.92 Å². The van der Waals surface area contributed by atoms with Crippen molar-refractivity contribution in [3.63, 3.8) is 0 Å². The fourth-order valence-electron chi connectivity index (χ4n) is 0.632. The Morgan fingerprint density at radius 1 is 1.42 bits per heavy atom. The molecule has 0 saturated heterocycles. The summed E-state index contributed by atoms with van der Waals surface area (Å²) in [5, 5.41) is 4.82. The summed E-state index contributed by atoms with van der Waals surface area (Å²) in [5.41, 5.74) is 5.37. The van der Waals surface area contributed by atoms with E-state index >= 15 is 0 Å². The number of nitrogens with two attached hydrogens (primary N) is 1. The van der Waals surface area contributed by atoms with Crippen molar-refractivity contribution < 1.29 is 9.59 Å². The molecule has 0 saturated carbocycles. The van der Waals surface area contributed by atoms with Gasteiger partial charge in [-0.1, -0.05) is 0 Å². The third-order valence-electron chi connectivity index (χ3n) is 1.23. The molecule has 0 aliphatic heterocycles. The molecule has 0 aromatic heterocycles. The standard InChI is InChI=1S/C7H15N3O2/c1-5(8)3-6(11)10-4-7(12)9-2/h5H,3-4,8H2,1-2H3,(H,9,12)(H,10,11). The maximum atomic E-state index is 10.9. The van der Waals surface area contributed by atoms with Gasteiger partial charge in [0.15, 0.2) is 0 Å². The molecule has 0 bridgehead atoms. The van der Waals surface area contributed by atoms with Gasteiger partial charge in [0.25, 0.3) is 0 Å². The molecule has 0 spiro atoms. The largest absolute Gasteiger partial charge is 0.358 e. The number of hydrogen-bond donors (Lipinski definition) is 3. The normalized spacial score (nSPS) is 11.9. The molecule has 0 aliphatic carbocycles. The SMILES string of the molecule is CNC(=O)CNC(=O)CC(C)N. The summed E-state index contributed by atoms with van der Waals surface area (Å²) >= 11 is 0. The molecule has 0 heterocycles. The van der Waals surface area contributed by atoms with Crippen molar-refractivity contribution in [1.29, 1.82) is 0 Å². The first-order valence-corrected chi connectivity index (χ1v) is 3.79. The molecule has 2 amide bonds. The lowest BCUT2D eigenvalue weighted by Crippen LogP contribution is -2.37. The molecule has 70 valence electrons. The highest BCUT2D eigenvalue weighted by atomic mass is 16.2. The molecule has 1 atom stereocenters. The average Bonchev–Trinajstić information content (AvgIpc) is 1.99. The Morgan fingerprint density at radius 3 is 2.42 bits per heavy atom. The average molecular weight is 173 g/mol. The molecule has 5 nitrogen and oxygen atoms in total. The molecule has 0 aliphatic rings. The number of rotatable bonds is 4. The summed E-state index contributed by atoms with van der Waals surface area (Å²) in [6, 6.07) is -0.172. The highest BCUT2D eigenvalue weighted by Gasteiger charge is 2.05. The molecule has 1 unspecified atom stereocenters. The second kappa shape index (κ2) is 5.54. The van der Waals surface area contributed by atoms with Crippen LogP contribution in [0.25, 0.3) is 0 Å². The minimum atomic E-state index is -0.215. The van der Waals surface area contributed by atoms with Gasteiger partial charge in [-0.15, -0.1) is 0 Å². The molecule has 0 fully saturated rings. The Labute approximate surface area is 71.7 Å². The maximum absolute atomic E-state index is 10.9. The molecule has 0 rings (SSSR count). The summed E-state index contributed by atoms with van der Waals surface area (Å²) in [6.07, 6.45) is 0.247. The van der Waals surface area contributed by atoms with E-state index in [1.165, 1.54) is 7.05 Å². The monoisotopic (exact) mass is 173 g/mol. The fourth-order valence-corrected chi connectivity index (χ4v) is 0.632. The fraction of sp³-hybridized carbons (Fsp3) is 0.714. The predicted molar refractivity (Wildman–Crippen MR) is 45.3 cm³/mol. The number of likely N-dealkylation sites (N-methyl/N-ethyl adjacent to an activating group) is 1. The predicted octanol–water partition coefficient (Wildman–Crippen LogP) is -1.41. The van der Waals surface area contributed by atoms with Crippen LogP contribution in [0.15, 0.2) is 0 Å². The van der Waals surface area contributed by atoms with Gasteiger partial charge in [0.2, 0.25) is 11.8 Å². The van der Waals surface area contributed by atoms with Crippen LogP contribution in [0.2, 0.25) is 0 Å². The highest BCUT2D eigenvalue weighted by Crippen LogP contribution is 1.84. The first-order valence-electron chi connectivity index (χ1n) is 3.79. The first-order chi connectivity index (χ1) is 5.56. The summed E-state index contributed by atoms with van der Waals surface area (Å²) in [4.78, 5) is 21.5. The molecule has 4 N–H and O–H groups in total. The zero-order chi connectivity index (χ0) is 9.56. The maximum Gasteiger partial charge on any atom is 0.239 e. The molecular formula is C7H15N3O2. The lowest BCUT2D eigenvalue weighted by Gasteiger charge is -2.05. The van der Waals surface area contributed by atoms with Gasteiger partial charge < -0.3 is 16.4 Å². The summed E-state index contributed by atoms with van der Waals surface area (Å²) in [6.45, 7) is 1.75. The molecule has 0 radical (unpaired) electrons. The van der Waals surface area contributed by atoms with Crippen molar-refractivity contribution in [2.45, 2.75) is 19.4 Å². The van der Waals surface area contributed by atoms with E-state index in [0.29, 0.717) is 0 Å². The van der Waals surface area contributed by atoms with Crippen LogP contribution >= 0.6 is 0 Å². The van der Waals surface area contributed by atoms with Gasteiger partial charge in [-0.3, -0.25) is 9.59 Å². The second-order valence-electron chi connectivity index (χ2n) is 2.63. The number of amides is 2. The lowest BCUT2D eigenvalue weighted by molar-refractivity contribution is -0.126. The van der Waals surface area contributed by atoms with Gasteiger partial charge in [0.05, 0.1) is 6.54 Å². The smallest absolute Gasteiger partial charge is 0.239 e. The lowest BCUT2D eigenvalue weighted by atomic mass is 10.2. The van der Waals surface area contributed by atoms with E-state index in [2.05, 4.69) is 10.6 Å². The van der Waals surface area contributed by atoms with Gasteiger partial charge in [-0.2, -0.15) is 0 Å². The van der Waals surface area contributed by atoms with Crippen molar-refractivity contribution >= 4 is 11.8 Å². The van der Waals surface area contributed by atoms with Crippen molar-refractivity contribution in [2.75, 3.05) is 13.6 Å². The third kappa shape index (κ3) is 5.67. The Kier molecular flexibility index (Phi) is 5.03. The number of nitrogens with one attached hydrogen (secondary N) is 2. The van der Waals surface area contributed by atoms with Crippen LogP contribution in [0.3, 0.4) is 0 Å². The van der Waals surface area contributed by atoms with E-state index in [4.69, 9.17) is 5.73 Å². The molecule has 5 heteroatoms. The third-order valence-corrected chi connectivity index (χ3v) is 1.23. The van der Waals surface area contributed by atoms with Crippen LogP contribution in [0.4, 0.5) is 0 Å². The number of carbonyl (C=O) groups is 2. The van der Waals surface area contributed by atoms with Crippen LogP contribution in [0, 0.1) is 0 Å². The topological polar surface area (TPSA) is 84.2 Å². The molecule has 0 aromatic carbocycles. The Morgan fingerprint density at radius 2 is 2.00 bits per heavy atom. The van der Waals surface area contributed by atoms with Crippen LogP contribution in [-0.2, 0) is 9.59 Å². The highest BCUT2D eigenvalue weighted by molar-refractivity contribution is 5.84. The van der Waals surface area contributed by atoms with E-state index in [1.807, 2.05) is 0 Å². The summed E-state index contributed by atoms with van der Waals surface area (Å²) < 4.78 is 0. The van der Waals surface area contributed by atoms with Crippen molar-refractivity contribution in [3.8, 4) is 0 Å². The number of hydrogen-bond acceptors (Lipinski definition) is 3. The first kappa shape index (κ1) is 10.9. The Bertz CT molecular complexity index is 168. The van der Waals surface area contributed by atoms with E-state index in [1.54, 1.807) is 6.92 Å². The number of carbonyl (C=O) groups excluding carboxylic acids is 2. The van der Waals surface area contributed by atoms with Crippen LogP contribution in [-0.4, -0.2) is 31.4 Å². The summed E-state index contributed by atoms with van der Waals surface area (Å²) in [5.74, 6) is -0.415. The Hall–Kier alpha value is -1.10. The van der Waals surface area contributed by atoms with Gasteiger partial charge >= 0.3 is 0 Å². The van der Waals surface area contributed by atoms with Crippen molar-refractivity contribution in [3.05, 3.63) is 0 Å². The van der Waals surface area contributed by atoms with Crippen LogP contribution in [0.5, 0.6) is 0 Å². The zero-order valence-corrected chi connectivity index (χ0v) is 7.39. The van der Waals surface area contributed by atoms with E-state index < -0.39 is 0 Å². The zero-order valence-electron chi connectivity index (χ0n) is 7.39. The molecule has 12 heavy (non-hydrogen) atoms. The van der Waals surface area contributed by atoms with Crippen LogP contribution < -0.4 is 16.4 Å². The van der Waals surface area contributed by atoms with Gasteiger partial charge in [0.1, 0.15) is 0 Å². The molecular weight excluding hydrogens is 158 g/mol. The van der Waals surface area contributed by atoms with E-state index in [-0.39, 0.29) is 30.8 Å². The van der Waals surface area contributed by atoms with Crippen LogP contribution in [0.1, 0.15) is 13.3 Å². The van der Waals surface area contributed by atoms with Gasteiger partial charge in [0, 0.05) is 19.5 Å². The quantitative estimate of drug-likeness (QED) is 0.488. The van der Waals surface area contributed by atoms with E-state index in [0.717, 1.165) is 0 Å². The van der Waals surface area contributed by atoms with E-state index in [9.17, 15) is 9.59 Å².